The van der Waals surface area contributed by atoms with Crippen molar-refractivity contribution in [3.05, 3.63) is 40.0 Å². The first-order valence-electron chi connectivity index (χ1n) is 16.4. The van der Waals surface area contributed by atoms with Crippen molar-refractivity contribution in [2.24, 2.45) is 17.3 Å². The van der Waals surface area contributed by atoms with Crippen LogP contribution in [-0.4, -0.2) is 92.7 Å². The third-order valence-corrected chi connectivity index (χ3v) is 13.4. The van der Waals surface area contributed by atoms with E-state index in [1.165, 1.54) is 31.8 Å². The molecule has 1 aliphatic carbocycles. The molecule has 1 spiro atoms. The number of hydrogen-bond donors (Lipinski definition) is 2. The standard InChI is InChI=1S/C27H34Cl2N6O.C7H13NOS/c1-5-21(36)33-14-27(15-33)11-17(12-27)35-16(2)22(23-18(13-30)20(31)10-19(28)24(23)29)25(32-35)34-9-7-6-8-26(34,3)4;1-8-2-6-4-10(9)5-7(6)3-8/h5,10,13,17,30H,1,6-9,11-12,14-15,31H2,2-4H3;6-7H,2-5H2,1H3. The average Bonchev–Trinajstić information content (AvgIpc) is 3.58. The number of hydrogen-bond acceptors (Lipinski definition) is 7. The summed E-state index contributed by atoms with van der Waals surface area (Å²) in [6.45, 7) is 15.0. The highest BCUT2D eigenvalue weighted by Crippen LogP contribution is 2.56. The summed E-state index contributed by atoms with van der Waals surface area (Å²) in [5.41, 5.74) is 9.98. The number of rotatable bonds is 5. The highest BCUT2D eigenvalue weighted by atomic mass is 35.5. The fourth-order valence-corrected chi connectivity index (χ4v) is 10.9. The second-order valence-corrected chi connectivity index (χ2v) is 17.2. The molecule has 4 saturated heterocycles. The molecule has 9 nitrogen and oxygen atoms in total. The largest absolute Gasteiger partial charge is 0.398 e. The van der Waals surface area contributed by atoms with Crippen LogP contribution >= 0.6 is 23.2 Å². The van der Waals surface area contributed by atoms with Crippen LogP contribution in [0.1, 0.15) is 63.3 Å². The number of nitrogens with two attached hydrogens (primary N) is 1. The lowest BCUT2D eigenvalue weighted by Crippen LogP contribution is -2.63. The van der Waals surface area contributed by atoms with Crippen LogP contribution in [0.5, 0.6) is 0 Å². The van der Waals surface area contributed by atoms with Crippen LogP contribution in [0.2, 0.25) is 10.0 Å². The molecular formula is C34H47Cl2N7O2S. The number of carbonyl (C=O) groups is 1. The predicted octanol–water partition coefficient (Wildman–Crippen LogP) is 5.79. The van der Waals surface area contributed by atoms with Crippen molar-refractivity contribution in [2.75, 3.05) is 61.9 Å². The van der Waals surface area contributed by atoms with Crippen LogP contribution < -0.4 is 10.6 Å². The van der Waals surface area contributed by atoms with E-state index in [4.69, 9.17) is 39.4 Å². The number of halogens is 2. The number of benzene rings is 1. The zero-order valence-corrected chi connectivity index (χ0v) is 29.8. The molecule has 3 N–H and O–H groups in total. The van der Waals surface area contributed by atoms with Crippen LogP contribution in [-0.2, 0) is 15.6 Å². The molecule has 1 saturated carbocycles. The molecule has 5 fully saturated rings. The first kappa shape index (κ1) is 33.5. The number of nitrogen functional groups attached to an aromatic ring is 1. The Balaban J connectivity index is 0.000000314. The highest BCUT2D eigenvalue weighted by Gasteiger charge is 2.54. The van der Waals surface area contributed by atoms with Gasteiger partial charge in [-0.3, -0.25) is 13.7 Å². The molecule has 2 aromatic rings. The van der Waals surface area contributed by atoms with Gasteiger partial charge in [0.15, 0.2) is 5.82 Å². The minimum absolute atomic E-state index is 0.00334. The lowest BCUT2D eigenvalue weighted by Gasteiger charge is -2.58. The number of fused-ring (bicyclic) bond motifs is 1. The summed E-state index contributed by atoms with van der Waals surface area (Å²) in [6.07, 6.45) is 7.94. The Morgan fingerprint density at radius 3 is 2.39 bits per heavy atom. The number of likely N-dealkylation sites (tertiary alicyclic amines) is 2. The van der Waals surface area contributed by atoms with Crippen LogP contribution in [0.4, 0.5) is 11.5 Å². The fraction of sp³-hybridized carbons (Fsp3) is 0.618. The first-order valence-corrected chi connectivity index (χ1v) is 18.6. The third-order valence-electron chi connectivity index (χ3n) is 11.0. The topological polar surface area (TPSA) is 112 Å². The van der Waals surface area contributed by atoms with Gasteiger partial charge in [0, 0.05) is 100 Å². The molecule has 7 rings (SSSR count). The van der Waals surface area contributed by atoms with Gasteiger partial charge in [-0.05, 0) is 83.9 Å². The minimum Gasteiger partial charge on any atom is -0.398 e. The molecule has 5 heterocycles. The predicted molar refractivity (Wildman–Crippen MR) is 190 cm³/mol. The number of piperidine rings is 1. The molecule has 12 heteroatoms. The van der Waals surface area contributed by atoms with Crippen molar-refractivity contribution in [1.29, 1.82) is 5.41 Å². The average molecular weight is 689 g/mol. The van der Waals surface area contributed by atoms with E-state index in [-0.39, 0.29) is 22.9 Å². The minimum atomic E-state index is -0.473. The Hall–Kier alpha value is -2.40. The Morgan fingerprint density at radius 2 is 1.80 bits per heavy atom. The van der Waals surface area contributed by atoms with Gasteiger partial charge in [-0.15, -0.1) is 0 Å². The molecule has 1 aromatic carbocycles. The summed E-state index contributed by atoms with van der Waals surface area (Å²) >= 11 is 13.3. The zero-order valence-electron chi connectivity index (χ0n) is 27.5. The Bertz CT molecular complexity index is 1560. The zero-order chi connectivity index (χ0) is 33.1. The van der Waals surface area contributed by atoms with E-state index in [9.17, 15) is 9.00 Å². The number of anilines is 2. The molecule has 5 aliphatic rings. The second-order valence-electron chi connectivity index (χ2n) is 14.8. The molecule has 2 unspecified atom stereocenters. The van der Waals surface area contributed by atoms with Gasteiger partial charge in [-0.1, -0.05) is 29.8 Å². The molecule has 0 radical (unpaired) electrons. The van der Waals surface area contributed by atoms with Crippen molar-refractivity contribution in [1.82, 2.24) is 19.6 Å². The Kier molecular flexibility index (Phi) is 9.15. The molecule has 46 heavy (non-hydrogen) atoms. The first-order chi connectivity index (χ1) is 21.8. The van der Waals surface area contributed by atoms with Gasteiger partial charge in [0.1, 0.15) is 0 Å². The normalized spacial score (nSPS) is 26.6. The van der Waals surface area contributed by atoms with Crippen LogP contribution in [0.3, 0.4) is 0 Å². The van der Waals surface area contributed by atoms with E-state index < -0.39 is 10.8 Å². The molecule has 4 aliphatic heterocycles. The summed E-state index contributed by atoms with van der Waals surface area (Å²) in [4.78, 5) is 18.5. The molecule has 1 aromatic heterocycles. The summed E-state index contributed by atoms with van der Waals surface area (Å²) in [6, 6.07) is 1.85. The van der Waals surface area contributed by atoms with E-state index in [0.717, 1.165) is 85.7 Å². The lowest BCUT2D eigenvalue weighted by atomic mass is 9.60. The summed E-state index contributed by atoms with van der Waals surface area (Å²) in [7, 11) is 1.68. The number of carbonyl (C=O) groups excluding carboxylic acids is 1. The van der Waals surface area contributed by atoms with Crippen LogP contribution in [0.25, 0.3) is 11.1 Å². The van der Waals surface area contributed by atoms with Crippen molar-refractivity contribution in [3.63, 3.8) is 0 Å². The van der Waals surface area contributed by atoms with Crippen LogP contribution in [0, 0.1) is 29.6 Å². The number of amides is 1. The summed E-state index contributed by atoms with van der Waals surface area (Å²) < 4.78 is 13.2. The Morgan fingerprint density at radius 1 is 1.15 bits per heavy atom. The molecule has 0 bridgehead atoms. The van der Waals surface area contributed by atoms with E-state index in [2.05, 4.69) is 48.9 Å². The number of nitrogens with zero attached hydrogens (tertiary/aromatic N) is 5. The highest BCUT2D eigenvalue weighted by molar-refractivity contribution is 7.85. The fourth-order valence-electron chi connectivity index (χ4n) is 8.57. The maximum atomic E-state index is 11.9. The monoisotopic (exact) mass is 687 g/mol. The number of aromatic nitrogens is 2. The summed E-state index contributed by atoms with van der Waals surface area (Å²) in [5.74, 6) is 4.33. The van der Waals surface area contributed by atoms with E-state index in [0.29, 0.717) is 26.9 Å². The smallest absolute Gasteiger partial charge is 0.245 e. The van der Waals surface area contributed by atoms with E-state index >= 15 is 0 Å². The van der Waals surface area contributed by atoms with Crippen molar-refractivity contribution in [3.8, 4) is 11.1 Å². The van der Waals surface area contributed by atoms with Crippen molar-refractivity contribution >= 4 is 57.6 Å². The maximum absolute atomic E-state index is 11.9. The quantitative estimate of drug-likeness (QED) is 0.234. The van der Waals surface area contributed by atoms with E-state index in [1.54, 1.807) is 6.07 Å². The van der Waals surface area contributed by atoms with Gasteiger partial charge in [0.05, 0.1) is 16.1 Å². The molecule has 250 valence electrons. The summed E-state index contributed by atoms with van der Waals surface area (Å²) in [5, 5.41) is 14.1. The molecular weight excluding hydrogens is 641 g/mol. The maximum Gasteiger partial charge on any atom is 0.245 e. The number of nitrogens with one attached hydrogen (secondary N) is 1. The van der Waals surface area contributed by atoms with Gasteiger partial charge in [0.25, 0.3) is 0 Å². The van der Waals surface area contributed by atoms with Gasteiger partial charge < -0.3 is 25.8 Å². The lowest BCUT2D eigenvalue weighted by molar-refractivity contribution is -0.149. The van der Waals surface area contributed by atoms with Gasteiger partial charge >= 0.3 is 0 Å². The Labute approximate surface area is 285 Å². The van der Waals surface area contributed by atoms with Crippen molar-refractivity contribution < 1.29 is 9.00 Å². The third kappa shape index (κ3) is 5.92. The molecule has 1 amide bonds. The second kappa shape index (κ2) is 12.6. The van der Waals surface area contributed by atoms with Gasteiger partial charge in [-0.2, -0.15) is 5.10 Å². The molecule has 2 atom stereocenters. The van der Waals surface area contributed by atoms with Gasteiger partial charge in [0.2, 0.25) is 5.91 Å². The van der Waals surface area contributed by atoms with Crippen LogP contribution in [0.15, 0.2) is 18.7 Å². The SMILES string of the molecule is C=CC(=O)N1CC2(CC(n3nc(N4CCCCC4(C)C)c(-c4c(Cl)c(Cl)cc(N)c4C=N)c3C)C2)C1.CN1CC2CS(=O)CC2C1. The van der Waals surface area contributed by atoms with Gasteiger partial charge in [-0.25, -0.2) is 0 Å². The van der Waals surface area contributed by atoms with E-state index in [1.807, 2.05) is 4.90 Å². The van der Waals surface area contributed by atoms with Crippen molar-refractivity contribution in [2.45, 2.75) is 64.5 Å².